The summed E-state index contributed by atoms with van der Waals surface area (Å²) >= 11 is 0. The number of nitrogens with one attached hydrogen (secondary N) is 1. The zero-order chi connectivity index (χ0) is 13.6. The molecule has 0 heterocycles. The van der Waals surface area contributed by atoms with Crippen molar-refractivity contribution in [2.75, 3.05) is 19.7 Å². The SMILES string of the molecule is NCCNS(=O)(=O)c1ccc(OCC(F)F)cc1. The van der Waals surface area contributed by atoms with Crippen molar-refractivity contribution < 1.29 is 21.9 Å². The number of benzene rings is 1. The minimum absolute atomic E-state index is 0.0281. The monoisotopic (exact) mass is 280 g/mol. The third kappa shape index (κ3) is 4.55. The van der Waals surface area contributed by atoms with Gasteiger partial charge in [-0.2, -0.15) is 0 Å². The van der Waals surface area contributed by atoms with E-state index in [2.05, 4.69) is 4.72 Å². The second-order valence-corrected chi connectivity index (χ2v) is 5.13. The van der Waals surface area contributed by atoms with E-state index in [1.165, 1.54) is 24.3 Å². The van der Waals surface area contributed by atoms with Crippen LogP contribution in [0.1, 0.15) is 0 Å². The average Bonchev–Trinajstić information content (AvgIpc) is 2.34. The first-order valence-electron chi connectivity index (χ1n) is 5.16. The molecule has 1 aromatic rings. The number of hydrogen-bond acceptors (Lipinski definition) is 4. The molecule has 0 aliphatic carbocycles. The zero-order valence-electron chi connectivity index (χ0n) is 9.47. The molecule has 3 N–H and O–H groups in total. The Bertz CT molecular complexity index is 463. The maximum Gasteiger partial charge on any atom is 0.272 e. The van der Waals surface area contributed by atoms with E-state index >= 15 is 0 Å². The van der Waals surface area contributed by atoms with Gasteiger partial charge in [0.25, 0.3) is 6.43 Å². The lowest BCUT2D eigenvalue weighted by atomic mass is 10.3. The molecule has 8 heteroatoms. The van der Waals surface area contributed by atoms with Gasteiger partial charge < -0.3 is 10.5 Å². The maximum atomic E-state index is 11.9. The van der Waals surface area contributed by atoms with Crippen molar-refractivity contribution in [1.29, 1.82) is 0 Å². The smallest absolute Gasteiger partial charge is 0.272 e. The lowest BCUT2D eigenvalue weighted by Gasteiger charge is -2.08. The third-order valence-corrected chi connectivity index (χ3v) is 3.42. The fraction of sp³-hybridized carbons (Fsp3) is 0.400. The Balaban J connectivity index is 2.70. The van der Waals surface area contributed by atoms with Crippen LogP contribution in [0, 0.1) is 0 Å². The molecule has 1 aromatic carbocycles. The van der Waals surface area contributed by atoms with Gasteiger partial charge in [-0.25, -0.2) is 21.9 Å². The number of nitrogens with two attached hydrogens (primary N) is 1. The molecule has 0 spiro atoms. The maximum absolute atomic E-state index is 11.9. The van der Waals surface area contributed by atoms with E-state index in [-0.39, 0.29) is 23.7 Å². The minimum Gasteiger partial charge on any atom is -0.488 e. The first-order valence-corrected chi connectivity index (χ1v) is 6.65. The van der Waals surface area contributed by atoms with Crippen LogP contribution < -0.4 is 15.2 Å². The summed E-state index contributed by atoms with van der Waals surface area (Å²) in [6, 6.07) is 5.19. The summed E-state index contributed by atoms with van der Waals surface area (Å²) in [7, 11) is -3.60. The number of alkyl halides is 2. The van der Waals surface area contributed by atoms with Gasteiger partial charge in [0.15, 0.2) is 0 Å². The molecule has 0 fully saturated rings. The summed E-state index contributed by atoms with van der Waals surface area (Å²) in [4.78, 5) is 0.0281. The highest BCUT2D eigenvalue weighted by Gasteiger charge is 2.13. The van der Waals surface area contributed by atoms with E-state index in [0.717, 1.165) is 0 Å². The van der Waals surface area contributed by atoms with Crippen LogP contribution in [0.15, 0.2) is 29.2 Å². The molecular weight excluding hydrogens is 266 g/mol. The van der Waals surface area contributed by atoms with Gasteiger partial charge in [0.1, 0.15) is 12.4 Å². The van der Waals surface area contributed by atoms with E-state index in [9.17, 15) is 17.2 Å². The van der Waals surface area contributed by atoms with Crippen LogP contribution in [-0.4, -0.2) is 34.5 Å². The van der Waals surface area contributed by atoms with Crippen LogP contribution in [-0.2, 0) is 10.0 Å². The van der Waals surface area contributed by atoms with Gasteiger partial charge in [-0.3, -0.25) is 0 Å². The normalized spacial score (nSPS) is 11.8. The van der Waals surface area contributed by atoms with Crippen molar-refractivity contribution in [2.24, 2.45) is 5.73 Å². The molecule has 0 atom stereocenters. The van der Waals surface area contributed by atoms with Crippen molar-refractivity contribution in [3.63, 3.8) is 0 Å². The van der Waals surface area contributed by atoms with Gasteiger partial charge in [0.2, 0.25) is 10.0 Å². The standard InChI is InChI=1S/C10H14F2N2O3S/c11-10(12)7-17-8-1-3-9(4-2-8)18(15,16)14-6-5-13/h1-4,10,14H,5-7,13H2. The van der Waals surface area contributed by atoms with Crippen LogP contribution in [0.2, 0.25) is 0 Å². The quantitative estimate of drug-likeness (QED) is 0.765. The summed E-state index contributed by atoms with van der Waals surface area (Å²) in [6.07, 6.45) is -2.57. The van der Waals surface area contributed by atoms with Gasteiger partial charge in [0, 0.05) is 13.1 Å². The Kier molecular flexibility index (Phi) is 5.45. The number of ether oxygens (including phenoxy) is 1. The van der Waals surface area contributed by atoms with Crippen molar-refractivity contribution in [3.8, 4) is 5.75 Å². The Morgan fingerprint density at radius 1 is 1.28 bits per heavy atom. The molecule has 0 saturated carbocycles. The van der Waals surface area contributed by atoms with E-state index in [0.29, 0.717) is 0 Å². The summed E-state index contributed by atoms with van der Waals surface area (Å²) in [6.45, 7) is -0.404. The Labute approximate surface area is 104 Å². The predicted molar refractivity (Wildman–Crippen MR) is 62.2 cm³/mol. The second-order valence-electron chi connectivity index (χ2n) is 3.36. The molecule has 0 radical (unpaired) electrons. The summed E-state index contributed by atoms with van der Waals surface area (Å²) < 4.78 is 54.1. The van der Waals surface area contributed by atoms with Crippen molar-refractivity contribution >= 4 is 10.0 Å². The number of sulfonamides is 1. The highest BCUT2D eigenvalue weighted by Crippen LogP contribution is 2.16. The predicted octanol–water partition coefficient (Wildman–Crippen LogP) is 0.567. The zero-order valence-corrected chi connectivity index (χ0v) is 10.3. The largest absolute Gasteiger partial charge is 0.488 e. The Hall–Kier alpha value is -1.25. The molecule has 0 aliphatic heterocycles. The highest BCUT2D eigenvalue weighted by molar-refractivity contribution is 7.89. The van der Waals surface area contributed by atoms with Gasteiger partial charge in [-0.1, -0.05) is 0 Å². The number of rotatable bonds is 7. The third-order valence-electron chi connectivity index (χ3n) is 1.95. The summed E-state index contributed by atoms with van der Waals surface area (Å²) in [5, 5.41) is 0. The van der Waals surface area contributed by atoms with Crippen molar-refractivity contribution in [1.82, 2.24) is 4.72 Å². The van der Waals surface area contributed by atoms with Crippen LogP contribution >= 0.6 is 0 Å². The summed E-state index contributed by atoms with van der Waals surface area (Å²) in [5.74, 6) is 0.188. The molecule has 0 unspecified atom stereocenters. The first-order chi connectivity index (χ1) is 8.45. The molecule has 0 saturated heterocycles. The second kappa shape index (κ2) is 6.62. The van der Waals surface area contributed by atoms with Gasteiger partial charge in [-0.05, 0) is 24.3 Å². The van der Waals surface area contributed by atoms with Gasteiger partial charge in [0.05, 0.1) is 4.90 Å². The van der Waals surface area contributed by atoms with Crippen LogP contribution in [0.4, 0.5) is 8.78 Å². The average molecular weight is 280 g/mol. The molecular formula is C10H14F2N2O3S. The lowest BCUT2D eigenvalue weighted by molar-refractivity contribution is 0.0819. The van der Waals surface area contributed by atoms with Crippen LogP contribution in [0.5, 0.6) is 5.75 Å². The molecule has 0 amide bonds. The highest BCUT2D eigenvalue weighted by atomic mass is 32.2. The fourth-order valence-electron chi connectivity index (χ4n) is 1.15. The van der Waals surface area contributed by atoms with Crippen LogP contribution in [0.3, 0.4) is 0 Å². The van der Waals surface area contributed by atoms with E-state index < -0.39 is 23.1 Å². The van der Waals surface area contributed by atoms with Gasteiger partial charge in [-0.15, -0.1) is 0 Å². The molecule has 0 aliphatic rings. The van der Waals surface area contributed by atoms with Crippen molar-refractivity contribution in [3.05, 3.63) is 24.3 Å². The van der Waals surface area contributed by atoms with E-state index in [4.69, 9.17) is 10.5 Å². The van der Waals surface area contributed by atoms with Crippen LogP contribution in [0.25, 0.3) is 0 Å². The first kappa shape index (κ1) is 14.8. The Morgan fingerprint density at radius 3 is 2.39 bits per heavy atom. The fourth-order valence-corrected chi connectivity index (χ4v) is 2.20. The van der Waals surface area contributed by atoms with E-state index in [1.54, 1.807) is 0 Å². The van der Waals surface area contributed by atoms with Crippen molar-refractivity contribution in [2.45, 2.75) is 11.3 Å². The molecule has 18 heavy (non-hydrogen) atoms. The number of hydrogen-bond donors (Lipinski definition) is 2. The molecule has 0 bridgehead atoms. The molecule has 102 valence electrons. The minimum atomic E-state index is -3.60. The molecule has 0 aromatic heterocycles. The van der Waals surface area contributed by atoms with E-state index in [1.807, 2.05) is 0 Å². The molecule has 5 nitrogen and oxygen atoms in total. The Morgan fingerprint density at radius 2 is 1.89 bits per heavy atom. The topological polar surface area (TPSA) is 81.4 Å². The van der Waals surface area contributed by atoms with Gasteiger partial charge >= 0.3 is 0 Å². The lowest BCUT2D eigenvalue weighted by Crippen LogP contribution is -2.29. The molecule has 1 rings (SSSR count). The number of halogens is 2. The summed E-state index contributed by atoms with van der Waals surface area (Å²) in [5.41, 5.74) is 5.19.